The monoisotopic (exact) mass is 250 g/mol. The molecule has 1 aromatic rings. The molecular weight excluding hydrogens is 232 g/mol. The molecule has 1 atom stereocenters. The summed E-state index contributed by atoms with van der Waals surface area (Å²) < 4.78 is 0. The van der Waals surface area contributed by atoms with Gasteiger partial charge in [0.1, 0.15) is 0 Å². The number of thiocarbonyl (C=S) groups is 1. The first kappa shape index (κ1) is 13.6. The molecule has 0 aliphatic rings. The maximum absolute atomic E-state index is 11.2. The lowest BCUT2D eigenvalue weighted by molar-refractivity contribution is -0.119. The summed E-state index contributed by atoms with van der Waals surface area (Å²) in [5.74, 6) is -0.0644. The molecule has 0 spiro atoms. The average molecular weight is 250 g/mol. The van der Waals surface area contributed by atoms with Gasteiger partial charge in [-0.3, -0.25) is 4.79 Å². The normalized spacial score (nSPS) is 11.6. The van der Waals surface area contributed by atoms with Gasteiger partial charge in [0, 0.05) is 6.42 Å². The molecule has 4 heteroatoms. The van der Waals surface area contributed by atoms with Crippen molar-refractivity contribution in [1.82, 2.24) is 10.6 Å². The molecule has 0 bridgehead atoms. The van der Waals surface area contributed by atoms with Crippen LogP contribution in [0.15, 0.2) is 30.3 Å². The Labute approximate surface area is 108 Å². The molecule has 0 radical (unpaired) electrons. The second-order valence-corrected chi connectivity index (χ2v) is 4.15. The fourth-order valence-corrected chi connectivity index (χ4v) is 1.77. The lowest BCUT2D eigenvalue weighted by Gasteiger charge is -2.19. The highest BCUT2D eigenvalue weighted by Gasteiger charge is 2.10. The number of amides is 1. The van der Waals surface area contributed by atoms with E-state index in [0.29, 0.717) is 11.5 Å². The SMILES string of the molecule is CCC(=O)NC(=S)NC(CC)c1ccccc1. The molecule has 0 fully saturated rings. The van der Waals surface area contributed by atoms with Gasteiger partial charge in [-0.25, -0.2) is 0 Å². The van der Waals surface area contributed by atoms with Crippen LogP contribution in [0.2, 0.25) is 0 Å². The standard InChI is InChI=1S/C13H18N2OS/c1-3-11(10-8-6-5-7-9-10)14-13(17)15-12(16)4-2/h5-9,11H,3-4H2,1-2H3,(H2,14,15,16,17). The molecule has 0 aromatic heterocycles. The summed E-state index contributed by atoms with van der Waals surface area (Å²) in [5, 5.41) is 6.19. The number of carbonyl (C=O) groups is 1. The molecule has 1 amide bonds. The quantitative estimate of drug-likeness (QED) is 0.807. The Morgan fingerprint density at radius 2 is 1.94 bits per heavy atom. The van der Waals surface area contributed by atoms with Crippen LogP contribution < -0.4 is 10.6 Å². The zero-order chi connectivity index (χ0) is 12.7. The second-order valence-electron chi connectivity index (χ2n) is 3.75. The summed E-state index contributed by atoms with van der Waals surface area (Å²) in [7, 11) is 0. The van der Waals surface area contributed by atoms with E-state index in [4.69, 9.17) is 12.2 Å². The van der Waals surface area contributed by atoms with Crippen LogP contribution in [0.25, 0.3) is 0 Å². The molecule has 3 nitrogen and oxygen atoms in total. The van der Waals surface area contributed by atoms with E-state index < -0.39 is 0 Å². The van der Waals surface area contributed by atoms with Crippen LogP contribution in [0.1, 0.15) is 38.3 Å². The number of rotatable bonds is 4. The smallest absolute Gasteiger partial charge is 0.225 e. The van der Waals surface area contributed by atoms with Crippen molar-refractivity contribution >= 4 is 23.2 Å². The molecule has 1 aromatic carbocycles. The Balaban J connectivity index is 2.59. The minimum atomic E-state index is -0.0644. The average Bonchev–Trinajstić information content (AvgIpc) is 2.36. The van der Waals surface area contributed by atoms with Gasteiger partial charge in [0.15, 0.2) is 5.11 Å². The van der Waals surface area contributed by atoms with Crippen molar-refractivity contribution in [2.75, 3.05) is 0 Å². The van der Waals surface area contributed by atoms with Gasteiger partial charge in [0.2, 0.25) is 5.91 Å². The number of hydrogen-bond acceptors (Lipinski definition) is 2. The minimum Gasteiger partial charge on any atom is -0.356 e. The van der Waals surface area contributed by atoms with Crippen LogP contribution in [-0.2, 0) is 4.79 Å². The van der Waals surface area contributed by atoms with Crippen LogP contribution in [0, 0.1) is 0 Å². The van der Waals surface area contributed by atoms with Crippen molar-refractivity contribution in [3.63, 3.8) is 0 Å². The number of hydrogen-bond donors (Lipinski definition) is 2. The van der Waals surface area contributed by atoms with E-state index >= 15 is 0 Å². The van der Waals surface area contributed by atoms with E-state index in [2.05, 4.69) is 17.6 Å². The van der Waals surface area contributed by atoms with Crippen LogP contribution in [0.5, 0.6) is 0 Å². The van der Waals surface area contributed by atoms with Crippen LogP contribution in [0.3, 0.4) is 0 Å². The van der Waals surface area contributed by atoms with Gasteiger partial charge in [0.05, 0.1) is 6.04 Å². The molecular formula is C13H18N2OS. The van der Waals surface area contributed by atoms with Gasteiger partial charge >= 0.3 is 0 Å². The maximum Gasteiger partial charge on any atom is 0.225 e. The predicted molar refractivity (Wildman–Crippen MR) is 73.6 cm³/mol. The third-order valence-corrected chi connectivity index (χ3v) is 2.71. The van der Waals surface area contributed by atoms with Crippen molar-refractivity contribution in [3.05, 3.63) is 35.9 Å². The van der Waals surface area contributed by atoms with E-state index in [1.807, 2.05) is 30.3 Å². The molecule has 0 heterocycles. The fraction of sp³-hybridized carbons (Fsp3) is 0.385. The maximum atomic E-state index is 11.2. The van der Waals surface area contributed by atoms with Gasteiger partial charge in [-0.2, -0.15) is 0 Å². The highest BCUT2D eigenvalue weighted by Crippen LogP contribution is 2.15. The van der Waals surface area contributed by atoms with Crippen molar-refractivity contribution in [3.8, 4) is 0 Å². The van der Waals surface area contributed by atoms with Crippen molar-refractivity contribution in [2.45, 2.75) is 32.7 Å². The third-order valence-electron chi connectivity index (χ3n) is 2.49. The second kappa shape index (κ2) is 7.01. The third kappa shape index (κ3) is 4.53. The summed E-state index contributed by atoms with van der Waals surface area (Å²) in [6.07, 6.45) is 1.34. The highest BCUT2D eigenvalue weighted by molar-refractivity contribution is 7.80. The zero-order valence-electron chi connectivity index (χ0n) is 10.2. The molecule has 92 valence electrons. The summed E-state index contributed by atoms with van der Waals surface area (Å²) in [4.78, 5) is 11.2. The lowest BCUT2D eigenvalue weighted by Crippen LogP contribution is -2.40. The van der Waals surface area contributed by atoms with E-state index in [1.54, 1.807) is 6.92 Å². The molecule has 0 saturated carbocycles. The van der Waals surface area contributed by atoms with E-state index in [-0.39, 0.29) is 11.9 Å². The van der Waals surface area contributed by atoms with Crippen LogP contribution >= 0.6 is 12.2 Å². The number of carbonyl (C=O) groups excluding carboxylic acids is 1. The molecule has 2 N–H and O–H groups in total. The first-order valence-corrected chi connectivity index (χ1v) is 6.23. The zero-order valence-corrected chi connectivity index (χ0v) is 11.0. The molecule has 1 unspecified atom stereocenters. The van der Waals surface area contributed by atoms with Gasteiger partial charge < -0.3 is 10.6 Å². The molecule has 1 rings (SSSR count). The van der Waals surface area contributed by atoms with Gasteiger partial charge in [-0.15, -0.1) is 0 Å². The Kier molecular flexibility index (Phi) is 5.63. The van der Waals surface area contributed by atoms with Crippen molar-refractivity contribution in [1.29, 1.82) is 0 Å². The summed E-state index contributed by atoms with van der Waals surface area (Å²) in [6, 6.07) is 10.2. The summed E-state index contributed by atoms with van der Waals surface area (Å²) in [5.41, 5.74) is 1.17. The Morgan fingerprint density at radius 3 is 2.47 bits per heavy atom. The predicted octanol–water partition coefficient (Wildman–Crippen LogP) is 2.54. The highest BCUT2D eigenvalue weighted by atomic mass is 32.1. The topological polar surface area (TPSA) is 41.1 Å². The first-order valence-electron chi connectivity index (χ1n) is 5.82. The molecule has 17 heavy (non-hydrogen) atoms. The Morgan fingerprint density at radius 1 is 1.29 bits per heavy atom. The molecule has 0 saturated heterocycles. The van der Waals surface area contributed by atoms with E-state index in [0.717, 1.165) is 6.42 Å². The van der Waals surface area contributed by atoms with Gasteiger partial charge in [-0.1, -0.05) is 44.2 Å². The van der Waals surface area contributed by atoms with Gasteiger partial charge in [0.25, 0.3) is 0 Å². The minimum absolute atomic E-state index is 0.0644. The van der Waals surface area contributed by atoms with Crippen LogP contribution in [0.4, 0.5) is 0 Å². The number of nitrogens with one attached hydrogen (secondary N) is 2. The van der Waals surface area contributed by atoms with E-state index in [1.165, 1.54) is 5.56 Å². The largest absolute Gasteiger partial charge is 0.356 e. The van der Waals surface area contributed by atoms with Gasteiger partial charge in [-0.05, 0) is 24.2 Å². The summed E-state index contributed by atoms with van der Waals surface area (Å²) >= 11 is 5.10. The number of benzene rings is 1. The van der Waals surface area contributed by atoms with Crippen molar-refractivity contribution < 1.29 is 4.79 Å². The lowest BCUT2D eigenvalue weighted by atomic mass is 10.1. The Hall–Kier alpha value is -1.42. The van der Waals surface area contributed by atoms with Crippen molar-refractivity contribution in [2.24, 2.45) is 0 Å². The fourth-order valence-electron chi connectivity index (χ4n) is 1.52. The molecule has 0 aliphatic heterocycles. The Bertz CT molecular complexity index is 378. The summed E-state index contributed by atoms with van der Waals surface area (Å²) in [6.45, 7) is 3.88. The molecule has 0 aliphatic carbocycles. The van der Waals surface area contributed by atoms with E-state index in [9.17, 15) is 4.79 Å². The first-order chi connectivity index (χ1) is 8.17. The van der Waals surface area contributed by atoms with Crippen LogP contribution in [-0.4, -0.2) is 11.0 Å².